The van der Waals surface area contributed by atoms with Crippen LogP contribution in [0, 0.1) is 5.92 Å². The smallest absolute Gasteiger partial charge is 0.311 e. The van der Waals surface area contributed by atoms with Crippen molar-refractivity contribution in [3.63, 3.8) is 0 Å². The summed E-state index contributed by atoms with van der Waals surface area (Å²) in [4.78, 5) is 38.7. The van der Waals surface area contributed by atoms with Crippen LogP contribution >= 0.6 is 11.6 Å². The number of para-hydroxylation sites is 1. The van der Waals surface area contributed by atoms with Crippen molar-refractivity contribution in [2.45, 2.75) is 6.42 Å². The predicted octanol–water partition coefficient (Wildman–Crippen LogP) is 4.03. The van der Waals surface area contributed by atoms with Gasteiger partial charge in [0.15, 0.2) is 6.61 Å². The summed E-state index contributed by atoms with van der Waals surface area (Å²) >= 11 is 6.00. The van der Waals surface area contributed by atoms with Gasteiger partial charge in [-0.2, -0.15) is 0 Å². The number of nitrogens with zero attached hydrogens (tertiary/aromatic N) is 1. The number of anilines is 2. The van der Waals surface area contributed by atoms with Gasteiger partial charge in [-0.25, -0.2) is 0 Å². The predicted molar refractivity (Wildman–Crippen MR) is 115 cm³/mol. The van der Waals surface area contributed by atoms with Gasteiger partial charge < -0.3 is 15.0 Å². The number of hydrogen-bond acceptors (Lipinski definition) is 4. The van der Waals surface area contributed by atoms with Gasteiger partial charge in [-0.15, -0.1) is 0 Å². The fourth-order valence-electron chi connectivity index (χ4n) is 3.55. The van der Waals surface area contributed by atoms with Crippen molar-refractivity contribution >= 4 is 51.5 Å². The Morgan fingerprint density at radius 3 is 2.60 bits per heavy atom. The molecule has 0 radical (unpaired) electrons. The largest absolute Gasteiger partial charge is 0.455 e. The second-order valence-electron chi connectivity index (χ2n) is 7.04. The van der Waals surface area contributed by atoms with Gasteiger partial charge in [0.05, 0.1) is 22.3 Å². The van der Waals surface area contributed by atoms with Crippen molar-refractivity contribution in [2.24, 2.45) is 5.92 Å². The van der Waals surface area contributed by atoms with Crippen LogP contribution in [0.15, 0.2) is 66.7 Å². The maximum absolute atomic E-state index is 12.6. The van der Waals surface area contributed by atoms with Gasteiger partial charge in [0.1, 0.15) is 0 Å². The zero-order chi connectivity index (χ0) is 21.1. The number of hydrogen-bond donors (Lipinski definition) is 1. The molecule has 1 aliphatic heterocycles. The SMILES string of the molecule is O=C(COC(=O)[C@@H]1CC(=O)N(c2cccc3ccccc23)C1)Nc1ccccc1Cl. The van der Waals surface area contributed by atoms with Crippen LogP contribution in [0.1, 0.15) is 6.42 Å². The number of carbonyl (C=O) groups excluding carboxylic acids is 3. The first kappa shape index (κ1) is 19.9. The maximum Gasteiger partial charge on any atom is 0.311 e. The van der Waals surface area contributed by atoms with Crippen molar-refractivity contribution in [3.05, 3.63) is 71.8 Å². The maximum atomic E-state index is 12.6. The summed E-state index contributed by atoms with van der Waals surface area (Å²) in [6, 6.07) is 20.3. The Kier molecular flexibility index (Phi) is 5.68. The van der Waals surface area contributed by atoms with Gasteiger partial charge >= 0.3 is 5.97 Å². The Hall–Kier alpha value is -3.38. The second kappa shape index (κ2) is 8.55. The highest BCUT2D eigenvalue weighted by molar-refractivity contribution is 6.33. The molecule has 30 heavy (non-hydrogen) atoms. The Labute approximate surface area is 178 Å². The van der Waals surface area contributed by atoms with E-state index in [4.69, 9.17) is 16.3 Å². The first-order chi connectivity index (χ1) is 14.5. The highest BCUT2D eigenvalue weighted by Crippen LogP contribution is 2.32. The minimum atomic E-state index is -0.621. The van der Waals surface area contributed by atoms with E-state index in [0.717, 1.165) is 16.5 Å². The lowest BCUT2D eigenvalue weighted by atomic mass is 10.1. The molecule has 1 atom stereocenters. The van der Waals surface area contributed by atoms with E-state index in [1.54, 1.807) is 29.2 Å². The lowest BCUT2D eigenvalue weighted by Crippen LogP contribution is -2.28. The molecule has 0 bridgehead atoms. The molecule has 3 aromatic carbocycles. The number of fused-ring (bicyclic) bond motifs is 1. The molecule has 0 aromatic heterocycles. The van der Waals surface area contributed by atoms with Gasteiger partial charge in [0.2, 0.25) is 5.91 Å². The van der Waals surface area contributed by atoms with E-state index in [1.165, 1.54) is 0 Å². The van der Waals surface area contributed by atoms with Crippen molar-refractivity contribution in [1.82, 2.24) is 0 Å². The van der Waals surface area contributed by atoms with Crippen LogP contribution in [0.3, 0.4) is 0 Å². The molecular formula is C23H19ClN2O4. The highest BCUT2D eigenvalue weighted by atomic mass is 35.5. The zero-order valence-corrected chi connectivity index (χ0v) is 16.8. The molecular weight excluding hydrogens is 404 g/mol. The lowest BCUT2D eigenvalue weighted by Gasteiger charge is -2.18. The number of halogens is 1. The molecule has 1 heterocycles. The van der Waals surface area contributed by atoms with E-state index in [9.17, 15) is 14.4 Å². The summed E-state index contributed by atoms with van der Waals surface area (Å²) in [5, 5.41) is 4.95. The van der Waals surface area contributed by atoms with Crippen molar-refractivity contribution < 1.29 is 19.1 Å². The molecule has 1 N–H and O–H groups in total. The number of carbonyl (C=O) groups is 3. The molecule has 4 rings (SSSR count). The summed E-state index contributed by atoms with van der Waals surface area (Å²) in [5.74, 6) is -1.83. The normalized spacial score (nSPS) is 16.0. The minimum Gasteiger partial charge on any atom is -0.455 e. The van der Waals surface area contributed by atoms with Crippen LogP contribution in [0.4, 0.5) is 11.4 Å². The third-order valence-electron chi connectivity index (χ3n) is 5.01. The number of ether oxygens (including phenoxy) is 1. The van der Waals surface area contributed by atoms with E-state index in [-0.39, 0.29) is 18.9 Å². The van der Waals surface area contributed by atoms with Crippen LogP contribution < -0.4 is 10.2 Å². The zero-order valence-electron chi connectivity index (χ0n) is 16.0. The topological polar surface area (TPSA) is 75.7 Å². The van der Waals surface area contributed by atoms with Crippen LogP contribution in [0.25, 0.3) is 10.8 Å². The van der Waals surface area contributed by atoms with E-state index in [2.05, 4.69) is 5.32 Å². The number of benzene rings is 3. The number of amides is 2. The third kappa shape index (κ3) is 4.14. The molecule has 1 fully saturated rings. The van der Waals surface area contributed by atoms with Crippen molar-refractivity contribution in [1.29, 1.82) is 0 Å². The summed E-state index contributed by atoms with van der Waals surface area (Å²) in [6.07, 6.45) is 0.0498. The molecule has 3 aromatic rings. The standard InChI is InChI=1S/C23H19ClN2O4/c24-18-9-3-4-10-19(18)25-21(27)14-30-23(29)16-12-22(28)26(13-16)20-11-5-7-15-6-1-2-8-17(15)20/h1-11,16H,12-14H2,(H,25,27)/t16-/m1/s1. The van der Waals surface area contributed by atoms with E-state index < -0.39 is 24.4 Å². The summed E-state index contributed by atoms with van der Waals surface area (Å²) in [7, 11) is 0. The fraction of sp³-hybridized carbons (Fsp3) is 0.174. The van der Waals surface area contributed by atoms with Gasteiger partial charge in [-0.1, -0.05) is 60.1 Å². The van der Waals surface area contributed by atoms with Gasteiger partial charge in [-0.3, -0.25) is 14.4 Å². The number of rotatable bonds is 5. The Morgan fingerprint density at radius 2 is 1.77 bits per heavy atom. The third-order valence-corrected chi connectivity index (χ3v) is 5.34. The van der Waals surface area contributed by atoms with E-state index >= 15 is 0 Å². The molecule has 1 aliphatic rings. The monoisotopic (exact) mass is 422 g/mol. The lowest BCUT2D eigenvalue weighted by molar-refractivity contribution is -0.151. The van der Waals surface area contributed by atoms with Crippen LogP contribution in [0.5, 0.6) is 0 Å². The van der Waals surface area contributed by atoms with E-state index in [1.807, 2.05) is 42.5 Å². The number of esters is 1. The highest BCUT2D eigenvalue weighted by Gasteiger charge is 2.36. The molecule has 1 saturated heterocycles. The molecule has 0 spiro atoms. The van der Waals surface area contributed by atoms with Gasteiger partial charge in [0.25, 0.3) is 5.91 Å². The quantitative estimate of drug-likeness (QED) is 0.630. The van der Waals surface area contributed by atoms with Gasteiger partial charge in [-0.05, 0) is 23.6 Å². The Balaban J connectivity index is 1.38. The molecule has 7 heteroatoms. The summed E-state index contributed by atoms with van der Waals surface area (Å²) in [6.45, 7) is -0.221. The molecule has 2 amide bonds. The Bertz CT molecular complexity index is 1130. The average molecular weight is 423 g/mol. The van der Waals surface area contributed by atoms with Crippen molar-refractivity contribution in [3.8, 4) is 0 Å². The van der Waals surface area contributed by atoms with Crippen LogP contribution in [-0.4, -0.2) is 30.9 Å². The Morgan fingerprint density at radius 1 is 1.03 bits per heavy atom. The molecule has 0 unspecified atom stereocenters. The molecule has 0 saturated carbocycles. The number of nitrogens with one attached hydrogen (secondary N) is 1. The first-order valence-electron chi connectivity index (χ1n) is 9.52. The van der Waals surface area contributed by atoms with Gasteiger partial charge in [0, 0.05) is 18.4 Å². The summed E-state index contributed by atoms with van der Waals surface area (Å²) < 4.78 is 5.15. The average Bonchev–Trinajstić information content (AvgIpc) is 3.15. The second-order valence-corrected chi connectivity index (χ2v) is 7.45. The van der Waals surface area contributed by atoms with E-state index in [0.29, 0.717) is 10.7 Å². The van der Waals surface area contributed by atoms with Crippen LogP contribution in [-0.2, 0) is 19.1 Å². The molecule has 152 valence electrons. The minimum absolute atomic E-state index is 0.0498. The van der Waals surface area contributed by atoms with Crippen molar-refractivity contribution in [2.75, 3.05) is 23.4 Å². The first-order valence-corrected chi connectivity index (χ1v) is 9.90. The fourth-order valence-corrected chi connectivity index (χ4v) is 3.73. The van der Waals surface area contributed by atoms with Crippen LogP contribution in [0.2, 0.25) is 5.02 Å². The molecule has 6 nitrogen and oxygen atoms in total. The molecule has 0 aliphatic carbocycles. The summed E-state index contributed by atoms with van der Waals surface area (Å²) in [5.41, 5.74) is 1.21.